The molecule has 7 nitrogen and oxygen atoms in total. The first-order valence-corrected chi connectivity index (χ1v) is 11.9. The summed E-state index contributed by atoms with van der Waals surface area (Å²) in [5.41, 5.74) is -0.0847. The van der Waals surface area contributed by atoms with Gasteiger partial charge in [0.05, 0.1) is 21.6 Å². The van der Waals surface area contributed by atoms with Crippen molar-refractivity contribution in [3.8, 4) is 0 Å². The monoisotopic (exact) mass is 481 g/mol. The van der Waals surface area contributed by atoms with E-state index in [9.17, 15) is 31.2 Å². The van der Waals surface area contributed by atoms with Crippen LogP contribution < -0.4 is 0 Å². The van der Waals surface area contributed by atoms with Crippen molar-refractivity contribution in [1.82, 2.24) is 14.1 Å². The Balaban J connectivity index is 1.28. The first-order valence-electron chi connectivity index (χ1n) is 10.4. The van der Waals surface area contributed by atoms with Crippen molar-refractivity contribution in [2.45, 2.75) is 17.5 Å². The van der Waals surface area contributed by atoms with Gasteiger partial charge in [0.1, 0.15) is 0 Å². The standard InChI is InChI=1S/C22H22F3N3O4S/c23-22(24,25)16-6-8-17(9-7-16)33(31,32)27-14-12-26(13-15-27)10-3-11-28-20(29)18-4-1-2-5-19(18)21(28)30/h1-2,4-9H,3,10-15H2. The summed E-state index contributed by atoms with van der Waals surface area (Å²) in [6.45, 7) is 2.16. The Hall–Kier alpha value is -2.76. The molecule has 4 rings (SSSR count). The maximum absolute atomic E-state index is 12.8. The van der Waals surface area contributed by atoms with Crippen molar-refractivity contribution in [1.29, 1.82) is 0 Å². The topological polar surface area (TPSA) is 78.0 Å². The second kappa shape index (κ2) is 8.88. The summed E-state index contributed by atoms with van der Waals surface area (Å²) in [7, 11) is -3.88. The summed E-state index contributed by atoms with van der Waals surface area (Å²) in [4.78, 5) is 27.9. The van der Waals surface area contributed by atoms with Crippen molar-refractivity contribution in [2.24, 2.45) is 0 Å². The molecule has 1 saturated heterocycles. The molecule has 2 aliphatic heterocycles. The number of benzene rings is 2. The second-order valence-corrected chi connectivity index (χ2v) is 9.87. The Morgan fingerprint density at radius 2 is 1.33 bits per heavy atom. The smallest absolute Gasteiger partial charge is 0.301 e. The van der Waals surface area contributed by atoms with E-state index in [1.54, 1.807) is 24.3 Å². The number of imide groups is 1. The second-order valence-electron chi connectivity index (χ2n) is 7.93. The van der Waals surface area contributed by atoms with E-state index in [1.807, 2.05) is 4.90 Å². The zero-order valence-electron chi connectivity index (χ0n) is 17.6. The molecule has 2 aliphatic rings. The normalized spacial score (nSPS) is 18.1. The van der Waals surface area contributed by atoms with Gasteiger partial charge in [0.15, 0.2) is 0 Å². The highest BCUT2D eigenvalue weighted by Gasteiger charge is 2.35. The van der Waals surface area contributed by atoms with Crippen LogP contribution in [0, 0.1) is 0 Å². The molecule has 0 radical (unpaired) electrons. The van der Waals surface area contributed by atoms with Gasteiger partial charge in [-0.1, -0.05) is 12.1 Å². The average molecular weight is 481 g/mol. The lowest BCUT2D eigenvalue weighted by Gasteiger charge is -2.34. The summed E-state index contributed by atoms with van der Waals surface area (Å²) in [5, 5.41) is 0. The zero-order chi connectivity index (χ0) is 23.8. The van der Waals surface area contributed by atoms with Crippen molar-refractivity contribution >= 4 is 21.8 Å². The highest BCUT2D eigenvalue weighted by Crippen LogP contribution is 2.30. The van der Waals surface area contributed by atoms with Gasteiger partial charge in [0.25, 0.3) is 11.8 Å². The fraction of sp³-hybridized carbons (Fsp3) is 0.364. The molecule has 0 atom stereocenters. The molecule has 11 heteroatoms. The van der Waals surface area contributed by atoms with Gasteiger partial charge >= 0.3 is 6.18 Å². The molecule has 2 amide bonds. The molecular weight excluding hydrogens is 459 g/mol. The summed E-state index contributed by atoms with van der Waals surface area (Å²) in [5.74, 6) is -0.605. The number of fused-ring (bicyclic) bond motifs is 1. The lowest BCUT2D eigenvalue weighted by Crippen LogP contribution is -2.49. The van der Waals surface area contributed by atoms with Crippen LogP contribution in [0.15, 0.2) is 53.4 Å². The largest absolute Gasteiger partial charge is 0.416 e. The Labute approximate surface area is 189 Å². The molecule has 0 spiro atoms. The third kappa shape index (κ3) is 4.66. The number of piperazine rings is 1. The number of rotatable bonds is 6. The molecule has 0 aliphatic carbocycles. The molecule has 0 unspecified atom stereocenters. The van der Waals surface area contributed by atoms with E-state index in [4.69, 9.17) is 0 Å². The molecule has 2 heterocycles. The van der Waals surface area contributed by atoms with E-state index in [0.29, 0.717) is 37.2 Å². The van der Waals surface area contributed by atoms with E-state index in [2.05, 4.69) is 0 Å². The van der Waals surface area contributed by atoms with Gasteiger partial charge in [0.2, 0.25) is 10.0 Å². The van der Waals surface area contributed by atoms with Crippen molar-refractivity contribution < 1.29 is 31.2 Å². The third-order valence-electron chi connectivity index (χ3n) is 5.88. The van der Waals surface area contributed by atoms with Gasteiger partial charge in [-0.25, -0.2) is 8.42 Å². The van der Waals surface area contributed by atoms with Crippen LogP contribution in [0.5, 0.6) is 0 Å². The molecule has 176 valence electrons. The fourth-order valence-electron chi connectivity index (χ4n) is 4.05. The number of amides is 2. The van der Waals surface area contributed by atoms with E-state index in [0.717, 1.165) is 24.3 Å². The third-order valence-corrected chi connectivity index (χ3v) is 7.80. The number of hydrogen-bond acceptors (Lipinski definition) is 5. The highest BCUT2D eigenvalue weighted by molar-refractivity contribution is 7.89. The number of carbonyl (C=O) groups excluding carboxylic acids is 2. The van der Waals surface area contributed by atoms with E-state index < -0.39 is 21.8 Å². The lowest BCUT2D eigenvalue weighted by atomic mass is 10.1. The van der Waals surface area contributed by atoms with Crippen molar-refractivity contribution in [3.05, 3.63) is 65.2 Å². The van der Waals surface area contributed by atoms with Gasteiger partial charge in [0, 0.05) is 32.7 Å². The van der Waals surface area contributed by atoms with Crippen LogP contribution in [-0.4, -0.2) is 73.6 Å². The predicted molar refractivity (Wildman–Crippen MR) is 113 cm³/mol. The summed E-state index contributed by atoms with van der Waals surface area (Å²) >= 11 is 0. The molecule has 33 heavy (non-hydrogen) atoms. The molecule has 0 saturated carbocycles. The molecule has 2 aromatic rings. The minimum Gasteiger partial charge on any atom is -0.301 e. The van der Waals surface area contributed by atoms with Crippen LogP contribution in [0.25, 0.3) is 0 Å². The maximum atomic E-state index is 12.8. The zero-order valence-corrected chi connectivity index (χ0v) is 18.4. The highest BCUT2D eigenvalue weighted by atomic mass is 32.2. The summed E-state index contributed by atoms with van der Waals surface area (Å²) in [6, 6.07) is 10.2. The fourth-order valence-corrected chi connectivity index (χ4v) is 5.48. The molecule has 0 N–H and O–H groups in total. The summed E-state index contributed by atoms with van der Waals surface area (Å²) in [6.07, 6.45) is -3.97. The van der Waals surface area contributed by atoms with Crippen LogP contribution >= 0.6 is 0 Å². The minimum absolute atomic E-state index is 0.172. The number of halogens is 3. The number of hydrogen-bond donors (Lipinski definition) is 0. The lowest BCUT2D eigenvalue weighted by molar-refractivity contribution is -0.137. The van der Waals surface area contributed by atoms with E-state index >= 15 is 0 Å². The Bertz CT molecular complexity index is 1120. The SMILES string of the molecule is O=C1c2ccccc2C(=O)N1CCCN1CCN(S(=O)(=O)c2ccc(C(F)(F)F)cc2)CC1. The Morgan fingerprint density at radius 3 is 1.85 bits per heavy atom. The van der Waals surface area contributed by atoms with Gasteiger partial charge < -0.3 is 4.90 Å². The summed E-state index contributed by atoms with van der Waals surface area (Å²) < 4.78 is 65.0. The molecule has 0 bridgehead atoms. The molecule has 2 aromatic carbocycles. The number of sulfonamides is 1. The van der Waals surface area contributed by atoms with Gasteiger partial charge in [-0.05, 0) is 49.4 Å². The predicted octanol–water partition coefficient (Wildman–Crippen LogP) is 2.70. The van der Waals surface area contributed by atoms with Crippen LogP contribution in [0.4, 0.5) is 13.2 Å². The quantitative estimate of drug-likeness (QED) is 0.593. The first kappa shape index (κ1) is 23.4. The Morgan fingerprint density at radius 1 is 0.788 bits per heavy atom. The average Bonchev–Trinajstić information content (AvgIpc) is 3.04. The van der Waals surface area contributed by atoms with Crippen LogP contribution in [0.1, 0.15) is 32.7 Å². The minimum atomic E-state index is -4.53. The van der Waals surface area contributed by atoms with Crippen LogP contribution in [0.3, 0.4) is 0 Å². The molecule has 0 aromatic heterocycles. The number of alkyl halides is 3. The van der Waals surface area contributed by atoms with Gasteiger partial charge in [-0.2, -0.15) is 17.5 Å². The van der Waals surface area contributed by atoms with Crippen LogP contribution in [-0.2, 0) is 16.2 Å². The number of nitrogens with zero attached hydrogens (tertiary/aromatic N) is 3. The van der Waals surface area contributed by atoms with E-state index in [-0.39, 0.29) is 36.3 Å². The van der Waals surface area contributed by atoms with Crippen molar-refractivity contribution in [3.63, 3.8) is 0 Å². The van der Waals surface area contributed by atoms with E-state index in [1.165, 1.54) is 9.21 Å². The maximum Gasteiger partial charge on any atom is 0.416 e. The van der Waals surface area contributed by atoms with Gasteiger partial charge in [-0.15, -0.1) is 0 Å². The molecule has 1 fully saturated rings. The van der Waals surface area contributed by atoms with Crippen molar-refractivity contribution in [2.75, 3.05) is 39.3 Å². The van der Waals surface area contributed by atoms with Gasteiger partial charge in [-0.3, -0.25) is 14.5 Å². The number of carbonyl (C=O) groups is 2. The van der Waals surface area contributed by atoms with Crippen LogP contribution in [0.2, 0.25) is 0 Å². The molecular formula is C22H22F3N3O4S. The first-order chi connectivity index (χ1) is 15.6. The Kier molecular flexibility index (Phi) is 6.30.